The first-order chi connectivity index (χ1) is 17.8. The second-order valence-corrected chi connectivity index (χ2v) is 9.99. The van der Waals surface area contributed by atoms with Gasteiger partial charge in [-0.1, -0.05) is 18.2 Å². The van der Waals surface area contributed by atoms with Gasteiger partial charge < -0.3 is 10.2 Å². The molecule has 5 nitrogen and oxygen atoms in total. The zero-order valence-corrected chi connectivity index (χ0v) is 20.7. The van der Waals surface area contributed by atoms with E-state index in [0.717, 1.165) is 43.4 Å². The summed E-state index contributed by atoms with van der Waals surface area (Å²) < 4.78 is 27.7. The first kappa shape index (κ1) is 24.6. The Kier molecular flexibility index (Phi) is 6.75. The molecular formula is C30H28F2N4O. The number of carbonyl (C=O) groups is 1. The summed E-state index contributed by atoms with van der Waals surface area (Å²) in [6.07, 6.45) is 3.63. The fraction of sp³-hybridized carbons (Fsp3) is 0.300. The van der Waals surface area contributed by atoms with Crippen LogP contribution in [0.15, 0.2) is 54.6 Å². The Morgan fingerprint density at radius 2 is 1.97 bits per heavy atom. The fourth-order valence-corrected chi connectivity index (χ4v) is 5.04. The number of hydrogen-bond acceptors (Lipinski definition) is 3. The van der Waals surface area contributed by atoms with Gasteiger partial charge >= 0.3 is 0 Å². The molecule has 37 heavy (non-hydrogen) atoms. The highest BCUT2D eigenvalue weighted by Gasteiger charge is 2.34. The first-order valence-corrected chi connectivity index (χ1v) is 12.6. The predicted molar refractivity (Wildman–Crippen MR) is 138 cm³/mol. The molecule has 3 aromatic rings. The molecule has 2 N–H and O–H groups in total. The molecule has 0 radical (unpaired) electrons. The number of nitrogens with zero attached hydrogens (tertiary/aromatic N) is 2. The van der Waals surface area contributed by atoms with Gasteiger partial charge in [0.15, 0.2) is 0 Å². The van der Waals surface area contributed by atoms with Crippen molar-refractivity contribution < 1.29 is 13.6 Å². The number of amides is 1. The Labute approximate surface area is 215 Å². The number of amidine groups is 1. The van der Waals surface area contributed by atoms with Gasteiger partial charge in [0.05, 0.1) is 23.5 Å². The average Bonchev–Trinajstić information content (AvgIpc) is 3.65. The molecule has 0 spiro atoms. The summed E-state index contributed by atoms with van der Waals surface area (Å²) in [6, 6.07) is 16.3. The Bertz CT molecular complexity index is 1420. The fourth-order valence-electron chi connectivity index (χ4n) is 5.04. The zero-order chi connectivity index (χ0) is 26.1. The lowest BCUT2D eigenvalue weighted by molar-refractivity contribution is 0.0931. The van der Waals surface area contributed by atoms with E-state index in [9.17, 15) is 18.8 Å². The number of aryl methyl sites for hydroxylation is 1. The van der Waals surface area contributed by atoms with Crippen molar-refractivity contribution in [3.63, 3.8) is 0 Å². The van der Waals surface area contributed by atoms with Gasteiger partial charge in [-0.25, -0.2) is 8.78 Å². The molecule has 7 heteroatoms. The van der Waals surface area contributed by atoms with Crippen LogP contribution in [0.2, 0.25) is 0 Å². The summed E-state index contributed by atoms with van der Waals surface area (Å²) in [6.45, 7) is 2.96. The molecule has 3 aromatic carbocycles. The molecule has 1 aliphatic heterocycles. The summed E-state index contributed by atoms with van der Waals surface area (Å²) in [5, 5.41) is 21.0. The van der Waals surface area contributed by atoms with Gasteiger partial charge in [0.1, 0.15) is 11.6 Å². The summed E-state index contributed by atoms with van der Waals surface area (Å²) in [7, 11) is 0. The van der Waals surface area contributed by atoms with Crippen molar-refractivity contribution >= 4 is 11.7 Å². The summed E-state index contributed by atoms with van der Waals surface area (Å²) in [5.41, 5.74) is 4.06. The topological polar surface area (TPSA) is 80.0 Å². The van der Waals surface area contributed by atoms with E-state index in [2.05, 4.69) is 11.4 Å². The van der Waals surface area contributed by atoms with E-state index in [-0.39, 0.29) is 23.3 Å². The summed E-state index contributed by atoms with van der Waals surface area (Å²) >= 11 is 0. The van der Waals surface area contributed by atoms with Crippen molar-refractivity contribution in [2.45, 2.75) is 45.2 Å². The molecule has 1 saturated heterocycles. The highest BCUT2D eigenvalue weighted by atomic mass is 19.1. The number of halogens is 2. The van der Waals surface area contributed by atoms with Crippen LogP contribution in [0.1, 0.15) is 64.3 Å². The number of likely N-dealkylation sites (tertiary alicyclic amines) is 1. The molecule has 2 aliphatic rings. The van der Waals surface area contributed by atoms with Crippen LogP contribution in [0.5, 0.6) is 0 Å². The average molecular weight is 499 g/mol. The minimum Gasteiger partial charge on any atom is -0.356 e. The van der Waals surface area contributed by atoms with E-state index in [1.54, 1.807) is 31.2 Å². The van der Waals surface area contributed by atoms with Gasteiger partial charge in [-0.2, -0.15) is 5.26 Å². The standard InChI is InChI=1S/C30H28F2N4O/c1-18-11-21(6-9-27(18)32)29(20-4-5-20)35-30(37)23-13-19(17-36-10-2-3-28(36)34)12-22(14-23)26-8-7-25(31)15-24(26)16-33/h6-9,11-15,20,29,34H,2-5,10,17H2,1H3,(H,35,37). The lowest BCUT2D eigenvalue weighted by Crippen LogP contribution is -2.30. The molecule has 188 valence electrons. The summed E-state index contributed by atoms with van der Waals surface area (Å²) in [5.74, 6) is -0.178. The molecule has 1 heterocycles. The number of carbonyl (C=O) groups excluding carboxylic acids is 1. The third-order valence-corrected chi connectivity index (χ3v) is 7.19. The van der Waals surface area contributed by atoms with Gasteiger partial charge in [-0.15, -0.1) is 0 Å². The molecule has 0 bridgehead atoms. The molecular weight excluding hydrogens is 470 g/mol. The maximum atomic E-state index is 13.9. The maximum Gasteiger partial charge on any atom is 0.251 e. The smallest absolute Gasteiger partial charge is 0.251 e. The van der Waals surface area contributed by atoms with Crippen molar-refractivity contribution in [1.29, 1.82) is 10.7 Å². The van der Waals surface area contributed by atoms with E-state index in [4.69, 9.17) is 5.41 Å². The van der Waals surface area contributed by atoms with Crippen LogP contribution in [0.3, 0.4) is 0 Å². The van der Waals surface area contributed by atoms with E-state index in [1.165, 1.54) is 18.2 Å². The predicted octanol–water partition coefficient (Wildman–Crippen LogP) is 6.27. The SMILES string of the molecule is Cc1cc(C(NC(=O)c2cc(CN3CCCC3=N)cc(-c3ccc(F)cc3C#N)c2)C2CC2)ccc1F. The normalized spacial score (nSPS) is 15.9. The van der Waals surface area contributed by atoms with Gasteiger partial charge in [0, 0.05) is 25.1 Å². The molecule has 5 rings (SSSR count). The van der Waals surface area contributed by atoms with Crippen molar-refractivity contribution in [1.82, 2.24) is 10.2 Å². The van der Waals surface area contributed by atoms with E-state index in [1.807, 2.05) is 17.0 Å². The molecule has 1 unspecified atom stereocenters. The minimum atomic E-state index is -0.498. The lowest BCUT2D eigenvalue weighted by atomic mass is 9.95. The van der Waals surface area contributed by atoms with Crippen LogP contribution >= 0.6 is 0 Å². The van der Waals surface area contributed by atoms with Crippen LogP contribution in [-0.2, 0) is 6.54 Å². The molecule has 2 fully saturated rings. The Hall–Kier alpha value is -4.05. The largest absolute Gasteiger partial charge is 0.356 e. The Balaban J connectivity index is 1.51. The second-order valence-electron chi connectivity index (χ2n) is 9.99. The number of rotatable bonds is 7. The second kappa shape index (κ2) is 10.1. The van der Waals surface area contributed by atoms with Gasteiger partial charge in [0.2, 0.25) is 0 Å². The van der Waals surface area contributed by atoms with Crippen molar-refractivity contribution in [3.05, 3.63) is 94.0 Å². The van der Waals surface area contributed by atoms with Crippen LogP contribution < -0.4 is 5.32 Å². The number of hydrogen-bond donors (Lipinski definition) is 2. The molecule has 1 atom stereocenters. The molecule has 1 aliphatic carbocycles. The first-order valence-electron chi connectivity index (χ1n) is 12.6. The van der Waals surface area contributed by atoms with Crippen LogP contribution in [0.25, 0.3) is 11.1 Å². The van der Waals surface area contributed by atoms with Crippen LogP contribution in [0, 0.1) is 41.2 Å². The number of benzene rings is 3. The van der Waals surface area contributed by atoms with Gasteiger partial charge in [0.25, 0.3) is 5.91 Å². The van der Waals surface area contributed by atoms with Gasteiger partial charge in [-0.05, 0) is 96.3 Å². The van der Waals surface area contributed by atoms with E-state index < -0.39 is 5.82 Å². The quantitative estimate of drug-likeness (QED) is 0.403. The van der Waals surface area contributed by atoms with Gasteiger partial charge in [-0.3, -0.25) is 10.2 Å². The zero-order valence-electron chi connectivity index (χ0n) is 20.7. The van der Waals surface area contributed by atoms with Crippen LogP contribution in [-0.4, -0.2) is 23.2 Å². The highest BCUT2D eigenvalue weighted by molar-refractivity contribution is 5.96. The van der Waals surface area contributed by atoms with Crippen LogP contribution in [0.4, 0.5) is 8.78 Å². The maximum absolute atomic E-state index is 13.9. The molecule has 0 aromatic heterocycles. The van der Waals surface area contributed by atoms with Crippen molar-refractivity contribution in [3.8, 4) is 17.2 Å². The molecule has 1 saturated carbocycles. The Morgan fingerprint density at radius 1 is 1.16 bits per heavy atom. The minimum absolute atomic E-state index is 0.190. The van der Waals surface area contributed by atoms with Crippen molar-refractivity contribution in [2.75, 3.05) is 6.54 Å². The molecule has 1 amide bonds. The lowest BCUT2D eigenvalue weighted by Gasteiger charge is -2.22. The highest BCUT2D eigenvalue weighted by Crippen LogP contribution is 2.41. The summed E-state index contributed by atoms with van der Waals surface area (Å²) in [4.78, 5) is 15.6. The third kappa shape index (κ3) is 5.39. The van der Waals surface area contributed by atoms with E-state index >= 15 is 0 Å². The Morgan fingerprint density at radius 3 is 2.65 bits per heavy atom. The van der Waals surface area contributed by atoms with E-state index in [0.29, 0.717) is 40.6 Å². The van der Waals surface area contributed by atoms with Crippen molar-refractivity contribution in [2.24, 2.45) is 5.92 Å². The monoisotopic (exact) mass is 498 g/mol. The number of nitriles is 1. The third-order valence-electron chi connectivity index (χ3n) is 7.19. The number of nitrogens with one attached hydrogen (secondary N) is 2.